The fourth-order valence-electron chi connectivity index (χ4n) is 5.31. The van der Waals surface area contributed by atoms with Crippen LogP contribution < -0.4 is 10.6 Å². The van der Waals surface area contributed by atoms with Gasteiger partial charge in [-0.25, -0.2) is 9.59 Å². The maximum Gasteiger partial charge on any atom is 0.329 e. The first kappa shape index (κ1) is 42.1. The highest BCUT2D eigenvalue weighted by atomic mass is 32.2. The summed E-state index contributed by atoms with van der Waals surface area (Å²) in [6.07, 6.45) is -3.64. The van der Waals surface area contributed by atoms with Crippen LogP contribution in [0.5, 0.6) is 0 Å². The van der Waals surface area contributed by atoms with Gasteiger partial charge in [0.05, 0.1) is 0 Å². The smallest absolute Gasteiger partial charge is 0.329 e. The Morgan fingerprint density at radius 1 is 0.519 bits per heavy atom. The molecule has 4 N–H and O–H groups in total. The number of carbonyl (C=O) groups excluding carboxylic acids is 4. The normalized spacial score (nSPS) is 14.6. The Kier molecular flexibility index (Phi) is 16.6. The molecule has 2 amide bonds. The van der Waals surface area contributed by atoms with Crippen molar-refractivity contribution in [1.29, 1.82) is 0 Å². The molecule has 54 heavy (non-hydrogen) atoms. The molecule has 0 fully saturated rings. The van der Waals surface area contributed by atoms with E-state index < -0.39 is 58.5 Å². The summed E-state index contributed by atoms with van der Waals surface area (Å²) in [7, 11) is 0. The Hall–Kier alpha value is -4.62. The minimum atomic E-state index is -1.82. The predicted octanol–water partition coefficient (Wildman–Crippen LogP) is 5.80. The zero-order chi connectivity index (χ0) is 39.0. The first-order chi connectivity index (χ1) is 25.9. The number of esters is 2. The first-order valence-electron chi connectivity index (χ1n) is 17.8. The van der Waals surface area contributed by atoms with Crippen LogP contribution in [0.4, 0.5) is 0 Å². The van der Waals surface area contributed by atoms with Crippen LogP contribution in [0.25, 0.3) is 0 Å². The average molecular weight is 773 g/mol. The lowest BCUT2D eigenvalue weighted by Gasteiger charge is -2.32. The number of nitrogens with one attached hydrogen (secondary N) is 2. The summed E-state index contributed by atoms with van der Waals surface area (Å²) >= 11 is 1.97. The zero-order valence-electron chi connectivity index (χ0n) is 30.7. The SMILES string of the molecule is CC(C)C(NC(=O)C(Sc1ccccc1)C(O)C(O)C(Sc1ccccc1)C(=O)NC(C(=O)OCc1ccccc1)C(C)C)C(=O)OCc1ccccc1. The molecule has 0 heterocycles. The molecule has 4 rings (SSSR count). The lowest BCUT2D eigenvalue weighted by Crippen LogP contribution is -2.57. The summed E-state index contributed by atoms with van der Waals surface area (Å²) in [5, 5.41) is 26.5. The summed E-state index contributed by atoms with van der Waals surface area (Å²) in [6, 6.07) is 33.8. The Bertz CT molecular complexity index is 1630. The lowest BCUT2D eigenvalue weighted by atomic mass is 10.0. The van der Waals surface area contributed by atoms with Crippen molar-refractivity contribution >= 4 is 47.3 Å². The van der Waals surface area contributed by atoms with E-state index in [9.17, 15) is 29.4 Å². The molecular formula is C42H48N2O8S2. The van der Waals surface area contributed by atoms with Crippen molar-refractivity contribution in [1.82, 2.24) is 10.6 Å². The van der Waals surface area contributed by atoms with Gasteiger partial charge in [-0.1, -0.05) is 125 Å². The molecule has 0 saturated heterocycles. The van der Waals surface area contributed by atoms with Gasteiger partial charge in [0.25, 0.3) is 0 Å². The maximum absolute atomic E-state index is 14.1. The molecule has 12 heteroatoms. The number of aliphatic hydroxyl groups excluding tert-OH is 2. The number of aliphatic hydroxyl groups is 2. The summed E-state index contributed by atoms with van der Waals surface area (Å²) in [6.45, 7) is 7.04. The van der Waals surface area contributed by atoms with Gasteiger partial charge >= 0.3 is 11.9 Å². The number of rotatable bonds is 19. The van der Waals surface area contributed by atoms with Gasteiger partial charge in [0.1, 0.15) is 48.0 Å². The van der Waals surface area contributed by atoms with Crippen LogP contribution in [-0.4, -0.2) is 68.8 Å². The highest BCUT2D eigenvalue weighted by Crippen LogP contribution is 2.33. The molecule has 0 radical (unpaired) electrons. The monoisotopic (exact) mass is 772 g/mol. The van der Waals surface area contributed by atoms with Gasteiger partial charge in [0.2, 0.25) is 11.8 Å². The number of ether oxygens (including phenoxy) is 2. The molecule has 0 saturated carbocycles. The molecule has 0 spiro atoms. The number of thioether (sulfide) groups is 2. The van der Waals surface area contributed by atoms with Crippen molar-refractivity contribution in [3.8, 4) is 0 Å². The lowest BCUT2D eigenvalue weighted by molar-refractivity contribution is -0.151. The van der Waals surface area contributed by atoms with E-state index in [0.29, 0.717) is 9.79 Å². The molecule has 0 aliphatic rings. The van der Waals surface area contributed by atoms with Gasteiger partial charge in [-0.15, -0.1) is 23.5 Å². The van der Waals surface area contributed by atoms with Crippen LogP contribution in [0.2, 0.25) is 0 Å². The number of amides is 2. The van der Waals surface area contributed by atoms with Gasteiger partial charge in [-0.2, -0.15) is 0 Å². The van der Waals surface area contributed by atoms with E-state index in [1.807, 2.05) is 60.7 Å². The maximum atomic E-state index is 14.1. The van der Waals surface area contributed by atoms with Crippen LogP contribution in [0.3, 0.4) is 0 Å². The fraction of sp³-hybridized carbons (Fsp3) is 0.333. The molecule has 4 aromatic rings. The van der Waals surface area contributed by atoms with Gasteiger partial charge in [-0.05, 0) is 47.2 Å². The zero-order valence-corrected chi connectivity index (χ0v) is 32.4. The molecule has 0 aliphatic carbocycles. The van der Waals surface area contributed by atoms with Crippen molar-refractivity contribution < 1.29 is 38.9 Å². The van der Waals surface area contributed by atoms with Crippen molar-refractivity contribution in [3.05, 3.63) is 132 Å². The summed E-state index contributed by atoms with van der Waals surface area (Å²) in [4.78, 5) is 56.0. The topological polar surface area (TPSA) is 151 Å². The largest absolute Gasteiger partial charge is 0.459 e. The summed E-state index contributed by atoms with van der Waals surface area (Å²) < 4.78 is 11.1. The van der Waals surface area contributed by atoms with E-state index in [0.717, 1.165) is 34.7 Å². The second kappa shape index (κ2) is 21.3. The Morgan fingerprint density at radius 3 is 1.11 bits per heavy atom. The van der Waals surface area contributed by atoms with Crippen molar-refractivity contribution in [3.63, 3.8) is 0 Å². The highest BCUT2D eigenvalue weighted by molar-refractivity contribution is 8.01. The second-order valence-corrected chi connectivity index (χ2v) is 15.8. The molecule has 286 valence electrons. The third kappa shape index (κ3) is 12.8. The molecule has 4 aromatic carbocycles. The van der Waals surface area contributed by atoms with Crippen LogP contribution in [-0.2, 0) is 41.9 Å². The number of carbonyl (C=O) groups is 4. The van der Waals surface area contributed by atoms with E-state index in [2.05, 4.69) is 10.6 Å². The van der Waals surface area contributed by atoms with Crippen molar-refractivity contribution in [2.75, 3.05) is 0 Å². The average Bonchev–Trinajstić information content (AvgIpc) is 3.18. The van der Waals surface area contributed by atoms with E-state index in [4.69, 9.17) is 9.47 Å². The highest BCUT2D eigenvalue weighted by Gasteiger charge is 2.43. The Labute approximate surface area is 325 Å². The van der Waals surface area contributed by atoms with Gasteiger partial charge in [0.15, 0.2) is 0 Å². The van der Waals surface area contributed by atoms with Gasteiger partial charge in [-0.3, -0.25) is 9.59 Å². The molecule has 0 aliphatic heterocycles. The molecule has 10 nitrogen and oxygen atoms in total. The quantitative estimate of drug-likeness (QED) is 0.0681. The Morgan fingerprint density at radius 2 is 0.815 bits per heavy atom. The third-order valence-electron chi connectivity index (χ3n) is 8.38. The molecule has 6 atom stereocenters. The molecule has 0 aromatic heterocycles. The molecule has 0 bridgehead atoms. The number of hydrogen-bond acceptors (Lipinski definition) is 10. The Balaban J connectivity index is 1.58. The van der Waals surface area contributed by atoms with Crippen LogP contribution in [0.1, 0.15) is 38.8 Å². The van der Waals surface area contributed by atoms with Crippen molar-refractivity contribution in [2.45, 2.75) is 85.5 Å². The number of benzene rings is 4. The third-order valence-corrected chi connectivity index (χ3v) is 11.0. The minimum Gasteiger partial charge on any atom is -0.459 e. The standard InChI is InChI=1S/C42H48N2O8S2/c1-27(2)33(41(49)51-25-29-17-9-5-10-18-29)43-39(47)37(53-31-21-13-7-14-22-31)35(45)36(46)38(54-32-23-15-8-16-24-32)40(48)44-34(28(3)4)42(50)52-26-30-19-11-6-12-20-30/h5-24,27-28,33-38,45-46H,25-26H2,1-4H3,(H,43,47)(H,44,48). The van der Waals surface area contributed by atoms with Gasteiger partial charge < -0.3 is 30.3 Å². The van der Waals surface area contributed by atoms with E-state index in [1.165, 1.54) is 0 Å². The summed E-state index contributed by atoms with van der Waals surface area (Å²) in [5.74, 6) is -3.56. The number of hydrogen-bond donors (Lipinski definition) is 4. The molecule has 6 unspecified atom stereocenters. The molecular weight excluding hydrogens is 725 g/mol. The van der Waals surface area contributed by atoms with Crippen LogP contribution in [0.15, 0.2) is 131 Å². The predicted molar refractivity (Wildman–Crippen MR) is 210 cm³/mol. The van der Waals surface area contributed by atoms with Crippen molar-refractivity contribution in [2.24, 2.45) is 11.8 Å². The van der Waals surface area contributed by atoms with Crippen LogP contribution in [0, 0.1) is 11.8 Å². The van der Waals surface area contributed by atoms with E-state index in [-0.39, 0.29) is 25.0 Å². The summed E-state index contributed by atoms with van der Waals surface area (Å²) in [5.41, 5.74) is 1.56. The van der Waals surface area contributed by atoms with Gasteiger partial charge in [0, 0.05) is 9.79 Å². The first-order valence-corrected chi connectivity index (χ1v) is 19.5. The minimum absolute atomic E-state index is 0.00691. The second-order valence-electron chi connectivity index (χ2n) is 13.3. The van der Waals surface area contributed by atoms with E-state index in [1.54, 1.807) is 88.4 Å². The van der Waals surface area contributed by atoms with Crippen LogP contribution >= 0.6 is 23.5 Å². The fourth-order valence-corrected chi connectivity index (χ4v) is 7.48. The van der Waals surface area contributed by atoms with E-state index >= 15 is 0 Å².